The molecule has 1 unspecified atom stereocenters. The monoisotopic (exact) mass is 863 g/mol. The van der Waals surface area contributed by atoms with E-state index in [1.54, 1.807) is 0 Å². The lowest BCUT2D eigenvalue weighted by Gasteiger charge is -2.18. The molecular formula is C55H106O6. The Morgan fingerprint density at radius 2 is 0.574 bits per heavy atom. The maximum atomic E-state index is 12.8. The van der Waals surface area contributed by atoms with Crippen molar-refractivity contribution >= 4 is 17.9 Å². The van der Waals surface area contributed by atoms with Gasteiger partial charge in [0, 0.05) is 19.3 Å². The normalized spacial score (nSPS) is 12.4. The summed E-state index contributed by atoms with van der Waals surface area (Å²) in [6.45, 7) is 9.07. The Balaban J connectivity index is 4.31. The predicted molar refractivity (Wildman–Crippen MR) is 261 cm³/mol. The molecule has 0 radical (unpaired) electrons. The lowest BCUT2D eigenvalue weighted by atomic mass is 9.99. The highest BCUT2D eigenvalue weighted by atomic mass is 16.6. The second-order valence-electron chi connectivity index (χ2n) is 19.1. The minimum Gasteiger partial charge on any atom is -0.462 e. The van der Waals surface area contributed by atoms with Gasteiger partial charge in [-0.15, -0.1) is 0 Å². The zero-order chi connectivity index (χ0) is 44.5. The molecule has 0 spiro atoms. The molecule has 0 aromatic heterocycles. The van der Waals surface area contributed by atoms with E-state index in [2.05, 4.69) is 27.7 Å². The molecule has 2 atom stereocenters. The van der Waals surface area contributed by atoms with Gasteiger partial charge in [-0.05, 0) is 25.2 Å². The van der Waals surface area contributed by atoms with Gasteiger partial charge in [0.1, 0.15) is 13.2 Å². The Morgan fingerprint density at radius 3 is 0.852 bits per heavy atom. The summed E-state index contributed by atoms with van der Waals surface area (Å²) < 4.78 is 16.9. The molecule has 0 aliphatic carbocycles. The topological polar surface area (TPSA) is 78.9 Å². The molecule has 6 heteroatoms. The molecular weight excluding hydrogens is 757 g/mol. The number of rotatable bonds is 50. The molecule has 0 heterocycles. The highest BCUT2D eigenvalue weighted by molar-refractivity contribution is 5.71. The van der Waals surface area contributed by atoms with Crippen LogP contribution in [0.5, 0.6) is 0 Å². The fraction of sp³-hybridized carbons (Fsp3) is 0.945. The van der Waals surface area contributed by atoms with Crippen LogP contribution in [0.3, 0.4) is 0 Å². The van der Waals surface area contributed by atoms with E-state index in [1.165, 1.54) is 205 Å². The Morgan fingerprint density at radius 1 is 0.328 bits per heavy atom. The van der Waals surface area contributed by atoms with Crippen LogP contribution in [-0.4, -0.2) is 37.2 Å². The zero-order valence-electron chi connectivity index (χ0n) is 41.6. The van der Waals surface area contributed by atoms with E-state index in [9.17, 15) is 14.4 Å². The summed E-state index contributed by atoms with van der Waals surface area (Å²) in [4.78, 5) is 38.0. The first-order valence-corrected chi connectivity index (χ1v) is 27.4. The number of carbonyl (C=O) groups is 3. The molecule has 362 valence electrons. The van der Waals surface area contributed by atoms with Gasteiger partial charge in [-0.3, -0.25) is 14.4 Å². The molecule has 0 rings (SSSR count). The van der Waals surface area contributed by atoms with Crippen molar-refractivity contribution in [3.8, 4) is 0 Å². The van der Waals surface area contributed by atoms with Crippen molar-refractivity contribution in [2.75, 3.05) is 13.2 Å². The summed E-state index contributed by atoms with van der Waals surface area (Å²) in [7, 11) is 0. The third-order valence-electron chi connectivity index (χ3n) is 12.9. The summed E-state index contributed by atoms with van der Waals surface area (Å²) in [6.07, 6.45) is 52.2. The van der Waals surface area contributed by atoms with Gasteiger partial charge in [0.2, 0.25) is 0 Å². The number of esters is 3. The van der Waals surface area contributed by atoms with Crippen LogP contribution in [0.2, 0.25) is 0 Å². The van der Waals surface area contributed by atoms with Gasteiger partial charge in [0.15, 0.2) is 6.10 Å². The van der Waals surface area contributed by atoms with Gasteiger partial charge < -0.3 is 14.2 Å². The van der Waals surface area contributed by atoms with E-state index in [0.717, 1.165) is 63.7 Å². The number of hydrogen-bond acceptors (Lipinski definition) is 6. The second kappa shape index (κ2) is 49.4. The van der Waals surface area contributed by atoms with Crippen LogP contribution >= 0.6 is 0 Å². The van der Waals surface area contributed by atoms with Gasteiger partial charge in [-0.2, -0.15) is 0 Å². The van der Waals surface area contributed by atoms with E-state index in [-0.39, 0.29) is 31.1 Å². The Hall–Kier alpha value is -1.59. The summed E-state index contributed by atoms with van der Waals surface area (Å²) in [5.74, 6) is 0.0276. The summed E-state index contributed by atoms with van der Waals surface area (Å²) in [5.41, 5.74) is 0. The molecule has 0 aromatic rings. The molecule has 0 aliphatic heterocycles. The van der Waals surface area contributed by atoms with Crippen molar-refractivity contribution in [2.45, 2.75) is 316 Å². The lowest BCUT2D eigenvalue weighted by Crippen LogP contribution is -2.30. The molecule has 0 aromatic carbocycles. The zero-order valence-corrected chi connectivity index (χ0v) is 41.6. The number of unbranched alkanes of at least 4 members (excludes halogenated alkanes) is 36. The van der Waals surface area contributed by atoms with E-state index in [4.69, 9.17) is 14.2 Å². The molecule has 0 saturated carbocycles. The second-order valence-corrected chi connectivity index (χ2v) is 19.1. The molecule has 0 aliphatic rings. The maximum absolute atomic E-state index is 12.8. The largest absolute Gasteiger partial charge is 0.462 e. The fourth-order valence-electron chi connectivity index (χ4n) is 8.36. The Labute approximate surface area is 380 Å². The Kier molecular flexibility index (Phi) is 48.1. The minimum atomic E-state index is -0.761. The van der Waals surface area contributed by atoms with Crippen LogP contribution < -0.4 is 0 Å². The number of hydrogen-bond donors (Lipinski definition) is 0. The molecule has 0 fully saturated rings. The molecule has 0 amide bonds. The first-order valence-electron chi connectivity index (χ1n) is 27.4. The summed E-state index contributed by atoms with van der Waals surface area (Å²) in [5, 5.41) is 0. The first-order chi connectivity index (χ1) is 29.9. The third-order valence-corrected chi connectivity index (χ3v) is 12.9. The number of carbonyl (C=O) groups excluding carboxylic acids is 3. The van der Waals surface area contributed by atoms with Crippen LogP contribution in [0.1, 0.15) is 310 Å². The maximum Gasteiger partial charge on any atom is 0.306 e. The number of ether oxygens (including phenoxy) is 3. The van der Waals surface area contributed by atoms with Crippen LogP contribution in [-0.2, 0) is 28.6 Å². The highest BCUT2D eigenvalue weighted by Crippen LogP contribution is 2.18. The van der Waals surface area contributed by atoms with Gasteiger partial charge in [-0.1, -0.05) is 272 Å². The minimum absolute atomic E-state index is 0.0624. The average molecular weight is 863 g/mol. The van der Waals surface area contributed by atoms with Crippen molar-refractivity contribution in [2.24, 2.45) is 5.92 Å². The summed E-state index contributed by atoms with van der Waals surface area (Å²) in [6, 6.07) is 0. The van der Waals surface area contributed by atoms with Gasteiger partial charge in [-0.25, -0.2) is 0 Å². The van der Waals surface area contributed by atoms with Gasteiger partial charge in [0.25, 0.3) is 0 Å². The van der Waals surface area contributed by atoms with E-state index in [0.29, 0.717) is 19.3 Å². The van der Waals surface area contributed by atoms with Crippen LogP contribution in [0.25, 0.3) is 0 Å². The summed E-state index contributed by atoms with van der Waals surface area (Å²) >= 11 is 0. The van der Waals surface area contributed by atoms with Crippen LogP contribution in [0, 0.1) is 5.92 Å². The van der Waals surface area contributed by atoms with E-state index >= 15 is 0 Å². The molecule has 61 heavy (non-hydrogen) atoms. The van der Waals surface area contributed by atoms with Crippen molar-refractivity contribution in [3.05, 3.63) is 0 Å². The lowest BCUT2D eigenvalue weighted by molar-refractivity contribution is -0.167. The highest BCUT2D eigenvalue weighted by Gasteiger charge is 2.19. The van der Waals surface area contributed by atoms with Gasteiger partial charge in [0.05, 0.1) is 0 Å². The van der Waals surface area contributed by atoms with Crippen molar-refractivity contribution < 1.29 is 28.6 Å². The van der Waals surface area contributed by atoms with Crippen LogP contribution in [0.4, 0.5) is 0 Å². The predicted octanol–water partition coefficient (Wildman–Crippen LogP) is 17.8. The standard InChI is InChI=1S/C55H106O6/c1-5-8-10-12-14-16-18-20-22-24-26-31-35-39-43-47-54(57)60-50-52(61-55(58)48-44-40-36-32-28-27-29-33-37-41-45-51(4)7-3)49-59-53(56)46-42-38-34-30-25-23-21-19-17-15-13-11-9-6-2/h51-52H,5-50H2,1-4H3/t51?,52-/m0/s1. The third kappa shape index (κ3) is 47.7. The smallest absolute Gasteiger partial charge is 0.306 e. The van der Waals surface area contributed by atoms with Crippen molar-refractivity contribution in [1.82, 2.24) is 0 Å². The van der Waals surface area contributed by atoms with Crippen LogP contribution in [0.15, 0.2) is 0 Å². The van der Waals surface area contributed by atoms with Gasteiger partial charge >= 0.3 is 17.9 Å². The molecule has 0 N–H and O–H groups in total. The fourth-order valence-corrected chi connectivity index (χ4v) is 8.36. The van der Waals surface area contributed by atoms with E-state index in [1.807, 2.05) is 0 Å². The first kappa shape index (κ1) is 59.4. The van der Waals surface area contributed by atoms with Crippen molar-refractivity contribution in [1.29, 1.82) is 0 Å². The Bertz CT molecular complexity index is 920. The SMILES string of the molecule is CCCCCCCCCCCCCCCCCC(=O)OC[C@H](COC(=O)CCCCCCCCCCCCCCCC)OC(=O)CCCCCCCCCCCCC(C)CC. The van der Waals surface area contributed by atoms with Crippen molar-refractivity contribution in [3.63, 3.8) is 0 Å². The molecule has 0 bridgehead atoms. The molecule has 0 saturated heterocycles. The van der Waals surface area contributed by atoms with E-state index < -0.39 is 6.10 Å². The molecule has 6 nitrogen and oxygen atoms in total. The average Bonchev–Trinajstić information content (AvgIpc) is 3.26. The quantitative estimate of drug-likeness (QED) is 0.0344.